The second-order valence-electron chi connectivity index (χ2n) is 4.24. The minimum atomic E-state index is -4.76. The average Bonchev–Trinajstić information content (AvgIpc) is 3.10. The van der Waals surface area contributed by atoms with E-state index >= 15 is 0 Å². The molecule has 0 atom stereocenters. The van der Waals surface area contributed by atoms with Crippen LogP contribution in [-0.2, 0) is 17.9 Å². The van der Waals surface area contributed by atoms with Gasteiger partial charge >= 0.3 is 12.3 Å². The van der Waals surface area contributed by atoms with Crippen LogP contribution in [0.15, 0.2) is 45.6 Å². The summed E-state index contributed by atoms with van der Waals surface area (Å²) in [5.74, 6) is -6.36. The molecule has 0 radical (unpaired) electrons. The lowest BCUT2D eigenvalue weighted by Crippen LogP contribution is -2.47. The van der Waals surface area contributed by atoms with Crippen molar-refractivity contribution in [3.8, 4) is 0 Å². The molecule has 0 aliphatic carbocycles. The summed E-state index contributed by atoms with van der Waals surface area (Å²) < 4.78 is 61.1. The monoisotopic (exact) mass is 305 g/mol. The molecular weight excluding hydrogens is 294 g/mol. The van der Waals surface area contributed by atoms with Gasteiger partial charge in [-0.2, -0.15) is 8.78 Å². The molecule has 8 heteroatoms. The minimum Gasteiger partial charge on any atom is -0.467 e. The Bertz CT molecular complexity index is 530. The molecule has 0 spiro atoms. The van der Waals surface area contributed by atoms with Crippen molar-refractivity contribution in [3.05, 3.63) is 48.3 Å². The first-order valence-electron chi connectivity index (χ1n) is 5.91. The number of furan rings is 2. The average molecular weight is 305 g/mol. The van der Waals surface area contributed by atoms with E-state index in [-0.39, 0.29) is 24.6 Å². The van der Waals surface area contributed by atoms with E-state index in [2.05, 4.69) is 0 Å². The molecule has 114 valence electrons. The summed E-state index contributed by atoms with van der Waals surface area (Å²) in [4.78, 5) is 12.2. The highest BCUT2D eigenvalue weighted by Gasteiger charge is 2.51. The SMILES string of the molecule is O=C(N(Cc1ccco1)Cc1ccco1)C(F)(F)C(F)F. The van der Waals surface area contributed by atoms with E-state index in [1.54, 1.807) is 0 Å². The number of alkyl halides is 4. The van der Waals surface area contributed by atoms with E-state index in [9.17, 15) is 22.4 Å². The molecule has 2 aromatic heterocycles. The van der Waals surface area contributed by atoms with Gasteiger partial charge in [0.05, 0.1) is 25.6 Å². The van der Waals surface area contributed by atoms with Gasteiger partial charge < -0.3 is 13.7 Å². The van der Waals surface area contributed by atoms with E-state index in [0.29, 0.717) is 4.90 Å². The fraction of sp³-hybridized carbons (Fsp3) is 0.308. The Morgan fingerprint density at radius 3 is 1.90 bits per heavy atom. The van der Waals surface area contributed by atoms with Crippen LogP contribution >= 0.6 is 0 Å². The molecule has 2 heterocycles. The standard InChI is InChI=1S/C13H11F4NO3/c14-11(15)13(16,17)12(19)18(7-9-3-1-5-20-9)8-10-4-2-6-21-10/h1-6,11H,7-8H2. The van der Waals surface area contributed by atoms with Gasteiger partial charge in [-0.25, -0.2) is 8.78 Å². The van der Waals surface area contributed by atoms with Gasteiger partial charge in [-0.15, -0.1) is 0 Å². The summed E-state index contributed by atoms with van der Waals surface area (Å²) in [6.45, 7) is -0.732. The summed E-state index contributed by atoms with van der Waals surface area (Å²) >= 11 is 0. The van der Waals surface area contributed by atoms with Crippen LogP contribution in [0, 0.1) is 0 Å². The highest BCUT2D eigenvalue weighted by atomic mass is 19.3. The van der Waals surface area contributed by atoms with Crippen molar-refractivity contribution in [1.82, 2.24) is 4.90 Å². The molecule has 0 saturated carbocycles. The van der Waals surface area contributed by atoms with Gasteiger partial charge in [-0.1, -0.05) is 0 Å². The highest BCUT2D eigenvalue weighted by Crippen LogP contribution is 2.27. The molecule has 0 aromatic carbocycles. The van der Waals surface area contributed by atoms with Crippen LogP contribution < -0.4 is 0 Å². The van der Waals surface area contributed by atoms with Gasteiger partial charge in [0.1, 0.15) is 11.5 Å². The Kier molecular flexibility index (Phi) is 4.35. The third kappa shape index (κ3) is 3.45. The van der Waals surface area contributed by atoms with Gasteiger partial charge in [0.2, 0.25) is 0 Å². The van der Waals surface area contributed by atoms with Crippen molar-refractivity contribution in [1.29, 1.82) is 0 Å². The van der Waals surface area contributed by atoms with Crippen molar-refractivity contribution < 1.29 is 31.2 Å². The number of hydrogen-bond acceptors (Lipinski definition) is 3. The fourth-order valence-electron chi connectivity index (χ4n) is 1.68. The number of hydrogen-bond donors (Lipinski definition) is 0. The molecular formula is C13H11F4NO3. The highest BCUT2D eigenvalue weighted by molar-refractivity contribution is 5.83. The van der Waals surface area contributed by atoms with Crippen molar-refractivity contribution in [2.24, 2.45) is 0 Å². The summed E-state index contributed by atoms with van der Waals surface area (Å²) in [6.07, 6.45) is -1.51. The molecule has 2 aromatic rings. The molecule has 0 N–H and O–H groups in total. The summed E-state index contributed by atoms with van der Waals surface area (Å²) in [7, 11) is 0. The summed E-state index contributed by atoms with van der Waals surface area (Å²) in [6, 6.07) is 5.89. The van der Waals surface area contributed by atoms with Gasteiger partial charge in [-0.05, 0) is 24.3 Å². The molecule has 0 bridgehead atoms. The van der Waals surface area contributed by atoms with E-state index < -0.39 is 18.3 Å². The van der Waals surface area contributed by atoms with Crippen LogP contribution in [0.2, 0.25) is 0 Å². The normalized spacial score (nSPS) is 11.9. The number of halogens is 4. The van der Waals surface area contributed by atoms with Crippen LogP contribution in [0.25, 0.3) is 0 Å². The first-order valence-corrected chi connectivity index (χ1v) is 5.91. The van der Waals surface area contributed by atoms with E-state index in [4.69, 9.17) is 8.83 Å². The van der Waals surface area contributed by atoms with E-state index in [1.807, 2.05) is 0 Å². The molecule has 0 unspecified atom stereocenters. The van der Waals surface area contributed by atoms with Crippen LogP contribution in [0.4, 0.5) is 17.6 Å². The largest absolute Gasteiger partial charge is 0.467 e. The Morgan fingerprint density at radius 1 is 1.10 bits per heavy atom. The van der Waals surface area contributed by atoms with Crippen molar-refractivity contribution in [2.45, 2.75) is 25.4 Å². The minimum absolute atomic E-state index is 0.194. The number of amides is 1. The molecule has 0 fully saturated rings. The second kappa shape index (κ2) is 6.02. The van der Waals surface area contributed by atoms with Crippen LogP contribution in [-0.4, -0.2) is 23.2 Å². The first-order chi connectivity index (χ1) is 9.91. The topological polar surface area (TPSA) is 46.6 Å². The molecule has 4 nitrogen and oxygen atoms in total. The maximum Gasteiger partial charge on any atom is 0.383 e. The lowest BCUT2D eigenvalue weighted by atomic mass is 10.2. The maximum atomic E-state index is 13.2. The number of carbonyl (C=O) groups excluding carboxylic acids is 1. The smallest absolute Gasteiger partial charge is 0.383 e. The lowest BCUT2D eigenvalue weighted by molar-refractivity contribution is -0.182. The number of carbonyl (C=O) groups is 1. The Hall–Kier alpha value is -2.25. The Labute approximate surface area is 116 Å². The zero-order valence-electron chi connectivity index (χ0n) is 10.6. The van der Waals surface area contributed by atoms with Gasteiger partial charge in [0.25, 0.3) is 5.91 Å². The summed E-state index contributed by atoms with van der Waals surface area (Å²) in [5, 5.41) is 0. The van der Waals surface area contributed by atoms with Gasteiger partial charge in [0.15, 0.2) is 0 Å². The van der Waals surface area contributed by atoms with Crippen LogP contribution in [0.1, 0.15) is 11.5 Å². The van der Waals surface area contributed by atoms with Crippen LogP contribution in [0.3, 0.4) is 0 Å². The third-order valence-corrected chi connectivity index (χ3v) is 2.70. The first kappa shape index (κ1) is 15.1. The van der Waals surface area contributed by atoms with Crippen LogP contribution in [0.5, 0.6) is 0 Å². The quantitative estimate of drug-likeness (QED) is 0.769. The fourth-order valence-corrected chi connectivity index (χ4v) is 1.68. The predicted molar refractivity (Wildman–Crippen MR) is 62.6 cm³/mol. The van der Waals surface area contributed by atoms with Crippen molar-refractivity contribution in [2.75, 3.05) is 0 Å². The molecule has 0 aliphatic heterocycles. The second-order valence-corrected chi connectivity index (χ2v) is 4.24. The Morgan fingerprint density at radius 2 is 1.57 bits per heavy atom. The third-order valence-electron chi connectivity index (χ3n) is 2.70. The molecule has 0 saturated heterocycles. The predicted octanol–water partition coefficient (Wildman–Crippen LogP) is 3.30. The molecule has 1 amide bonds. The molecule has 2 rings (SSSR count). The summed E-state index contributed by atoms with van der Waals surface area (Å²) in [5.41, 5.74) is 0. The lowest BCUT2D eigenvalue weighted by Gasteiger charge is -2.25. The van der Waals surface area contributed by atoms with Crippen molar-refractivity contribution >= 4 is 5.91 Å². The van der Waals surface area contributed by atoms with Gasteiger partial charge in [-0.3, -0.25) is 4.79 Å². The van der Waals surface area contributed by atoms with Gasteiger partial charge in [0, 0.05) is 0 Å². The molecule has 21 heavy (non-hydrogen) atoms. The Balaban J connectivity index is 2.20. The maximum absolute atomic E-state index is 13.2. The number of rotatable bonds is 6. The number of nitrogens with zero attached hydrogens (tertiary/aromatic N) is 1. The zero-order valence-corrected chi connectivity index (χ0v) is 10.6. The van der Waals surface area contributed by atoms with Crippen molar-refractivity contribution in [3.63, 3.8) is 0 Å². The van der Waals surface area contributed by atoms with E-state index in [0.717, 1.165) is 0 Å². The molecule has 0 aliphatic rings. The van der Waals surface area contributed by atoms with E-state index in [1.165, 1.54) is 36.8 Å². The zero-order chi connectivity index (χ0) is 15.5.